The van der Waals surface area contributed by atoms with E-state index in [4.69, 9.17) is 4.74 Å². The first-order valence-corrected chi connectivity index (χ1v) is 3.68. The second kappa shape index (κ2) is 3.18. The van der Waals surface area contributed by atoms with Crippen LogP contribution in [0.3, 0.4) is 0 Å². The zero-order chi connectivity index (χ0) is 6.69. The first-order valence-electron chi connectivity index (χ1n) is 3.68. The minimum absolute atomic E-state index is 0.321. The molecule has 1 aliphatic rings. The second-order valence-electron chi connectivity index (χ2n) is 2.74. The summed E-state index contributed by atoms with van der Waals surface area (Å²) in [4.78, 5) is 0. The lowest BCUT2D eigenvalue weighted by atomic mass is 10.1. The summed E-state index contributed by atoms with van der Waals surface area (Å²) in [6.45, 7) is 6.36. The lowest BCUT2D eigenvalue weighted by molar-refractivity contribution is -0.0250. The third-order valence-corrected chi connectivity index (χ3v) is 1.65. The molecule has 0 aromatic carbocycles. The SMILES string of the molecule is CCC1NCC(C)CO1. The van der Waals surface area contributed by atoms with Crippen LogP contribution in [0.2, 0.25) is 0 Å². The Morgan fingerprint density at radius 3 is 2.89 bits per heavy atom. The largest absolute Gasteiger partial charge is 0.363 e. The number of hydrogen-bond acceptors (Lipinski definition) is 2. The molecule has 1 aliphatic heterocycles. The molecule has 2 atom stereocenters. The Bertz CT molecular complexity index is 77.0. The third-order valence-electron chi connectivity index (χ3n) is 1.65. The Morgan fingerprint density at radius 1 is 1.67 bits per heavy atom. The maximum absolute atomic E-state index is 5.43. The van der Waals surface area contributed by atoms with Gasteiger partial charge >= 0.3 is 0 Å². The van der Waals surface area contributed by atoms with Crippen LogP contribution < -0.4 is 5.32 Å². The van der Waals surface area contributed by atoms with Gasteiger partial charge in [0, 0.05) is 6.54 Å². The van der Waals surface area contributed by atoms with Gasteiger partial charge in [-0.25, -0.2) is 0 Å². The number of ether oxygens (including phenoxy) is 1. The highest BCUT2D eigenvalue weighted by molar-refractivity contribution is 4.64. The molecule has 1 fully saturated rings. The lowest BCUT2D eigenvalue weighted by Gasteiger charge is -2.27. The van der Waals surface area contributed by atoms with E-state index in [1.165, 1.54) is 0 Å². The molecule has 0 amide bonds. The number of rotatable bonds is 1. The molecule has 2 unspecified atom stereocenters. The van der Waals surface area contributed by atoms with Crippen LogP contribution in [0.25, 0.3) is 0 Å². The molecule has 9 heavy (non-hydrogen) atoms. The van der Waals surface area contributed by atoms with Gasteiger partial charge in [-0.05, 0) is 12.3 Å². The molecule has 1 saturated heterocycles. The van der Waals surface area contributed by atoms with Crippen molar-refractivity contribution in [1.82, 2.24) is 5.32 Å². The molecule has 1 rings (SSSR count). The Morgan fingerprint density at radius 2 is 2.44 bits per heavy atom. The first-order chi connectivity index (χ1) is 4.33. The quantitative estimate of drug-likeness (QED) is 0.570. The van der Waals surface area contributed by atoms with Crippen molar-refractivity contribution in [3.05, 3.63) is 0 Å². The molecule has 0 saturated carbocycles. The molecule has 0 aromatic rings. The summed E-state index contributed by atoms with van der Waals surface area (Å²) in [7, 11) is 0. The summed E-state index contributed by atoms with van der Waals surface area (Å²) in [6.07, 6.45) is 1.40. The van der Waals surface area contributed by atoms with Crippen LogP contribution in [0.15, 0.2) is 0 Å². The second-order valence-corrected chi connectivity index (χ2v) is 2.74. The fraction of sp³-hybridized carbons (Fsp3) is 1.00. The standard InChI is InChI=1S/C7H15NO/c1-3-7-8-4-6(2)5-9-7/h6-8H,3-5H2,1-2H3. The monoisotopic (exact) mass is 129 g/mol. The molecule has 0 bridgehead atoms. The van der Waals surface area contributed by atoms with Gasteiger partial charge in [-0.15, -0.1) is 0 Å². The summed E-state index contributed by atoms with van der Waals surface area (Å²) in [5.41, 5.74) is 0. The van der Waals surface area contributed by atoms with E-state index in [-0.39, 0.29) is 0 Å². The lowest BCUT2D eigenvalue weighted by Crippen LogP contribution is -2.41. The average Bonchev–Trinajstić information content (AvgIpc) is 1.90. The molecule has 1 N–H and O–H groups in total. The van der Waals surface area contributed by atoms with Crippen molar-refractivity contribution in [1.29, 1.82) is 0 Å². The van der Waals surface area contributed by atoms with E-state index in [0.717, 1.165) is 19.6 Å². The summed E-state index contributed by atoms with van der Waals surface area (Å²) in [5.74, 6) is 0.688. The van der Waals surface area contributed by atoms with E-state index >= 15 is 0 Å². The summed E-state index contributed by atoms with van der Waals surface area (Å²) < 4.78 is 5.43. The van der Waals surface area contributed by atoms with Crippen molar-refractivity contribution in [3.8, 4) is 0 Å². The Labute approximate surface area is 56.6 Å². The van der Waals surface area contributed by atoms with E-state index in [9.17, 15) is 0 Å². The molecule has 0 radical (unpaired) electrons. The van der Waals surface area contributed by atoms with E-state index < -0.39 is 0 Å². The molecule has 2 nitrogen and oxygen atoms in total. The van der Waals surface area contributed by atoms with Crippen LogP contribution in [-0.4, -0.2) is 19.4 Å². The van der Waals surface area contributed by atoms with Crippen LogP contribution in [0.4, 0.5) is 0 Å². The van der Waals surface area contributed by atoms with Crippen molar-refractivity contribution in [2.75, 3.05) is 13.2 Å². The minimum Gasteiger partial charge on any atom is -0.363 e. The van der Waals surface area contributed by atoms with Crippen molar-refractivity contribution in [2.45, 2.75) is 26.5 Å². The zero-order valence-corrected chi connectivity index (χ0v) is 6.18. The van der Waals surface area contributed by atoms with Gasteiger partial charge in [0.15, 0.2) is 0 Å². The van der Waals surface area contributed by atoms with Crippen LogP contribution in [0.5, 0.6) is 0 Å². The minimum atomic E-state index is 0.321. The molecule has 0 aliphatic carbocycles. The Hall–Kier alpha value is -0.0800. The predicted molar refractivity (Wildman–Crippen MR) is 37.2 cm³/mol. The van der Waals surface area contributed by atoms with E-state index in [0.29, 0.717) is 12.1 Å². The summed E-state index contributed by atoms with van der Waals surface area (Å²) in [5, 5.41) is 3.30. The summed E-state index contributed by atoms with van der Waals surface area (Å²) in [6, 6.07) is 0. The highest BCUT2D eigenvalue weighted by Crippen LogP contribution is 2.05. The normalized spacial score (nSPS) is 36.7. The molecular weight excluding hydrogens is 114 g/mol. The highest BCUT2D eigenvalue weighted by atomic mass is 16.5. The van der Waals surface area contributed by atoms with Gasteiger partial charge in [-0.2, -0.15) is 0 Å². The third kappa shape index (κ3) is 1.95. The molecule has 54 valence electrons. The topological polar surface area (TPSA) is 21.3 Å². The molecular formula is C7H15NO. The van der Waals surface area contributed by atoms with Crippen molar-refractivity contribution in [3.63, 3.8) is 0 Å². The molecule has 0 spiro atoms. The van der Waals surface area contributed by atoms with E-state index in [1.807, 2.05) is 0 Å². The van der Waals surface area contributed by atoms with Gasteiger partial charge in [0.1, 0.15) is 6.23 Å². The van der Waals surface area contributed by atoms with Gasteiger partial charge in [0.05, 0.1) is 6.61 Å². The maximum Gasteiger partial charge on any atom is 0.107 e. The van der Waals surface area contributed by atoms with Gasteiger partial charge < -0.3 is 4.74 Å². The van der Waals surface area contributed by atoms with E-state index in [2.05, 4.69) is 19.2 Å². The van der Waals surface area contributed by atoms with Gasteiger partial charge in [-0.3, -0.25) is 5.32 Å². The molecule has 1 heterocycles. The fourth-order valence-electron chi connectivity index (χ4n) is 0.993. The van der Waals surface area contributed by atoms with Crippen molar-refractivity contribution < 1.29 is 4.74 Å². The average molecular weight is 129 g/mol. The van der Waals surface area contributed by atoms with Crippen LogP contribution >= 0.6 is 0 Å². The van der Waals surface area contributed by atoms with Crippen LogP contribution in [0.1, 0.15) is 20.3 Å². The number of nitrogens with one attached hydrogen (secondary N) is 1. The van der Waals surface area contributed by atoms with Gasteiger partial charge in [-0.1, -0.05) is 13.8 Å². The number of hydrogen-bond donors (Lipinski definition) is 1. The van der Waals surface area contributed by atoms with Crippen LogP contribution in [-0.2, 0) is 4.74 Å². The molecule has 2 heteroatoms. The summed E-state index contributed by atoms with van der Waals surface area (Å²) >= 11 is 0. The Kier molecular flexibility index (Phi) is 2.49. The fourth-order valence-corrected chi connectivity index (χ4v) is 0.993. The van der Waals surface area contributed by atoms with Crippen LogP contribution in [0, 0.1) is 5.92 Å². The van der Waals surface area contributed by atoms with Crippen molar-refractivity contribution in [2.24, 2.45) is 5.92 Å². The highest BCUT2D eigenvalue weighted by Gasteiger charge is 2.14. The predicted octanol–water partition coefficient (Wildman–Crippen LogP) is 0.978. The Balaban J connectivity index is 2.18. The van der Waals surface area contributed by atoms with Gasteiger partial charge in [0.25, 0.3) is 0 Å². The van der Waals surface area contributed by atoms with Crippen molar-refractivity contribution >= 4 is 0 Å². The smallest absolute Gasteiger partial charge is 0.107 e. The van der Waals surface area contributed by atoms with E-state index in [1.54, 1.807) is 0 Å². The van der Waals surface area contributed by atoms with Gasteiger partial charge in [0.2, 0.25) is 0 Å². The molecule has 0 aromatic heterocycles. The first kappa shape index (κ1) is 7.03. The zero-order valence-electron chi connectivity index (χ0n) is 6.18. The maximum atomic E-state index is 5.43.